The molecule has 0 saturated heterocycles. The summed E-state index contributed by atoms with van der Waals surface area (Å²) in [5.74, 6) is 0.0839. The Balaban J connectivity index is 1.96. The fourth-order valence-corrected chi connectivity index (χ4v) is 3.22. The van der Waals surface area contributed by atoms with E-state index in [1.165, 1.54) is 6.07 Å². The molecule has 1 aliphatic rings. The van der Waals surface area contributed by atoms with Gasteiger partial charge in [0.05, 0.1) is 6.10 Å². The number of rotatable bonds is 3. The Morgan fingerprint density at radius 2 is 2.00 bits per heavy atom. The van der Waals surface area contributed by atoms with Crippen molar-refractivity contribution in [1.82, 2.24) is 0 Å². The summed E-state index contributed by atoms with van der Waals surface area (Å²) in [5.41, 5.74) is 1.01. The van der Waals surface area contributed by atoms with E-state index < -0.39 is 6.10 Å². The summed E-state index contributed by atoms with van der Waals surface area (Å²) in [6, 6.07) is 5.05. The predicted octanol–water partition coefficient (Wildman–Crippen LogP) is 4.71. The lowest BCUT2D eigenvalue weighted by Crippen LogP contribution is -2.30. The van der Waals surface area contributed by atoms with Crippen LogP contribution in [0.25, 0.3) is 0 Å². The summed E-state index contributed by atoms with van der Waals surface area (Å²) < 4.78 is 14.5. The van der Waals surface area contributed by atoms with Crippen LogP contribution in [0.2, 0.25) is 0 Å². The van der Waals surface area contributed by atoms with Gasteiger partial charge in [0.1, 0.15) is 5.82 Å². The van der Waals surface area contributed by atoms with E-state index in [2.05, 4.69) is 29.8 Å². The third-order valence-electron chi connectivity index (χ3n) is 4.37. The second-order valence-electron chi connectivity index (χ2n) is 6.51. The molecule has 0 aliphatic heterocycles. The van der Waals surface area contributed by atoms with Crippen molar-refractivity contribution in [3.05, 3.63) is 34.1 Å². The van der Waals surface area contributed by atoms with Gasteiger partial charge in [0.2, 0.25) is 0 Å². The molecule has 0 aromatic heterocycles. The van der Waals surface area contributed by atoms with Crippen LogP contribution in [0, 0.1) is 17.2 Å². The molecule has 0 bridgehead atoms. The van der Waals surface area contributed by atoms with Gasteiger partial charge in [-0.3, -0.25) is 0 Å². The summed E-state index contributed by atoms with van der Waals surface area (Å²) in [4.78, 5) is 0. The highest BCUT2D eigenvalue weighted by molar-refractivity contribution is 9.10. The first-order valence-corrected chi connectivity index (χ1v) is 7.79. The first kappa shape index (κ1) is 15.0. The minimum atomic E-state index is -0.424. The van der Waals surface area contributed by atoms with Crippen molar-refractivity contribution in [2.45, 2.75) is 52.1 Å². The Bertz CT molecular complexity index is 434. The van der Waals surface area contributed by atoms with Crippen molar-refractivity contribution >= 4 is 15.9 Å². The van der Waals surface area contributed by atoms with Crippen LogP contribution in [-0.4, -0.2) is 11.2 Å². The molecule has 1 aromatic carbocycles. The van der Waals surface area contributed by atoms with Gasteiger partial charge in [-0.2, -0.15) is 0 Å². The van der Waals surface area contributed by atoms with Crippen molar-refractivity contribution in [2.75, 3.05) is 0 Å². The zero-order chi connectivity index (χ0) is 14.0. The van der Waals surface area contributed by atoms with Gasteiger partial charge >= 0.3 is 0 Å². The second-order valence-corrected chi connectivity index (χ2v) is 7.42. The summed E-state index contributed by atoms with van der Waals surface area (Å²) in [6.07, 6.45) is 4.39. The monoisotopic (exact) mass is 328 g/mol. The van der Waals surface area contributed by atoms with E-state index in [0.29, 0.717) is 23.3 Å². The SMILES string of the molecule is CC1(C)CCC(C(O)Cc2ccc(Br)cc2F)CC1. The quantitative estimate of drug-likeness (QED) is 0.852. The number of benzene rings is 1. The van der Waals surface area contributed by atoms with E-state index in [-0.39, 0.29) is 5.82 Å². The molecule has 1 N–H and O–H groups in total. The number of hydrogen-bond donors (Lipinski definition) is 1. The molecule has 1 atom stereocenters. The molecular weight excluding hydrogens is 307 g/mol. The number of aliphatic hydroxyl groups is 1. The van der Waals surface area contributed by atoms with Crippen LogP contribution in [0.3, 0.4) is 0 Å². The lowest BCUT2D eigenvalue weighted by molar-refractivity contribution is 0.0571. The number of aliphatic hydroxyl groups excluding tert-OH is 1. The van der Waals surface area contributed by atoms with E-state index in [9.17, 15) is 9.50 Å². The van der Waals surface area contributed by atoms with Crippen molar-refractivity contribution in [3.8, 4) is 0 Å². The minimum Gasteiger partial charge on any atom is -0.392 e. The predicted molar refractivity (Wildman–Crippen MR) is 79.5 cm³/mol. The van der Waals surface area contributed by atoms with E-state index in [1.807, 2.05) is 6.07 Å². The van der Waals surface area contributed by atoms with Gasteiger partial charge in [-0.1, -0.05) is 35.8 Å². The largest absolute Gasteiger partial charge is 0.392 e. The van der Waals surface area contributed by atoms with E-state index in [1.54, 1.807) is 6.07 Å². The highest BCUT2D eigenvalue weighted by atomic mass is 79.9. The Morgan fingerprint density at radius 3 is 2.58 bits per heavy atom. The topological polar surface area (TPSA) is 20.2 Å². The maximum absolute atomic E-state index is 13.8. The molecule has 1 nitrogen and oxygen atoms in total. The molecule has 0 spiro atoms. The van der Waals surface area contributed by atoms with Gasteiger partial charge in [-0.15, -0.1) is 0 Å². The summed E-state index contributed by atoms with van der Waals surface area (Å²) >= 11 is 3.25. The van der Waals surface area contributed by atoms with Crippen LogP contribution in [0.5, 0.6) is 0 Å². The fourth-order valence-electron chi connectivity index (χ4n) is 2.89. The van der Waals surface area contributed by atoms with E-state index in [4.69, 9.17) is 0 Å². The van der Waals surface area contributed by atoms with Gasteiger partial charge in [0, 0.05) is 10.9 Å². The molecule has 0 radical (unpaired) electrons. The molecule has 1 saturated carbocycles. The number of halogens is 2. The Morgan fingerprint density at radius 1 is 1.37 bits per heavy atom. The molecule has 19 heavy (non-hydrogen) atoms. The second kappa shape index (κ2) is 5.92. The molecule has 1 unspecified atom stereocenters. The standard InChI is InChI=1S/C16H22BrFO/c1-16(2)7-5-11(6-8-16)15(19)9-12-3-4-13(17)10-14(12)18/h3-4,10-11,15,19H,5-9H2,1-2H3. The Kier molecular flexibility index (Phi) is 4.67. The lowest BCUT2D eigenvalue weighted by atomic mass is 9.71. The van der Waals surface area contributed by atoms with E-state index in [0.717, 1.165) is 30.2 Å². The molecule has 0 heterocycles. The van der Waals surface area contributed by atoms with Crippen molar-refractivity contribution in [1.29, 1.82) is 0 Å². The lowest BCUT2D eigenvalue weighted by Gasteiger charge is -2.36. The molecule has 3 heteroatoms. The molecule has 0 amide bonds. The average molecular weight is 329 g/mol. The highest BCUT2D eigenvalue weighted by Crippen LogP contribution is 2.39. The zero-order valence-corrected chi connectivity index (χ0v) is 13.2. The third kappa shape index (κ3) is 4.03. The first-order chi connectivity index (χ1) is 8.87. The Labute approximate surface area is 123 Å². The molecule has 1 aliphatic carbocycles. The number of hydrogen-bond acceptors (Lipinski definition) is 1. The van der Waals surface area contributed by atoms with Crippen molar-refractivity contribution < 1.29 is 9.50 Å². The normalized spacial score (nSPS) is 21.3. The van der Waals surface area contributed by atoms with Crippen LogP contribution >= 0.6 is 15.9 Å². The van der Waals surface area contributed by atoms with Crippen LogP contribution in [-0.2, 0) is 6.42 Å². The summed E-state index contributed by atoms with van der Waals surface area (Å²) in [5, 5.41) is 10.3. The van der Waals surface area contributed by atoms with Crippen LogP contribution in [0.1, 0.15) is 45.1 Å². The summed E-state index contributed by atoms with van der Waals surface area (Å²) in [7, 11) is 0. The van der Waals surface area contributed by atoms with Crippen LogP contribution < -0.4 is 0 Å². The fraction of sp³-hybridized carbons (Fsp3) is 0.625. The zero-order valence-electron chi connectivity index (χ0n) is 11.6. The van der Waals surface area contributed by atoms with Crippen molar-refractivity contribution in [3.63, 3.8) is 0 Å². The van der Waals surface area contributed by atoms with Crippen molar-refractivity contribution in [2.24, 2.45) is 11.3 Å². The Hall–Kier alpha value is -0.410. The highest BCUT2D eigenvalue weighted by Gasteiger charge is 2.30. The molecule has 1 fully saturated rings. The van der Waals surface area contributed by atoms with Crippen LogP contribution in [0.4, 0.5) is 4.39 Å². The maximum atomic E-state index is 13.8. The van der Waals surface area contributed by atoms with Crippen LogP contribution in [0.15, 0.2) is 22.7 Å². The van der Waals surface area contributed by atoms with E-state index >= 15 is 0 Å². The molecule has 1 aromatic rings. The van der Waals surface area contributed by atoms with Gasteiger partial charge in [-0.05, 0) is 54.7 Å². The maximum Gasteiger partial charge on any atom is 0.127 e. The minimum absolute atomic E-state index is 0.232. The van der Waals surface area contributed by atoms with Gasteiger partial charge in [0.15, 0.2) is 0 Å². The van der Waals surface area contributed by atoms with Gasteiger partial charge in [0.25, 0.3) is 0 Å². The third-order valence-corrected chi connectivity index (χ3v) is 4.87. The average Bonchev–Trinajstić information content (AvgIpc) is 2.32. The summed E-state index contributed by atoms with van der Waals surface area (Å²) in [6.45, 7) is 4.56. The van der Waals surface area contributed by atoms with Gasteiger partial charge in [-0.25, -0.2) is 4.39 Å². The molecular formula is C16H22BrFO. The van der Waals surface area contributed by atoms with Gasteiger partial charge < -0.3 is 5.11 Å². The molecule has 106 valence electrons. The smallest absolute Gasteiger partial charge is 0.127 e. The first-order valence-electron chi connectivity index (χ1n) is 6.99. The molecule has 2 rings (SSSR count).